The van der Waals surface area contributed by atoms with Crippen molar-refractivity contribution in [3.63, 3.8) is 0 Å². The molecule has 0 amide bonds. The maximum Gasteiger partial charge on any atom is 0.249 e. The Balaban J connectivity index is 1.52. The fraction of sp³-hybridized carbons (Fsp3) is 0.0455. The third-order valence-corrected chi connectivity index (χ3v) is 4.33. The van der Waals surface area contributed by atoms with Gasteiger partial charge in [0.25, 0.3) is 0 Å². The number of aromatic nitrogens is 2. The summed E-state index contributed by atoms with van der Waals surface area (Å²) in [6, 6.07) is 22.1. The summed E-state index contributed by atoms with van der Waals surface area (Å²) in [6.07, 6.45) is 2.01. The predicted molar refractivity (Wildman–Crippen MR) is 107 cm³/mol. The van der Waals surface area contributed by atoms with Crippen molar-refractivity contribution in [3.05, 3.63) is 100 Å². The van der Waals surface area contributed by atoms with Gasteiger partial charge in [-0.3, -0.25) is 9.59 Å². The standard InChI is InChI=1S/C22H17N3O2/c26-20(16-4-2-1-3-5-16)14-15-6-8-17(9-7-15)24-19-12-13-23-22-18(19)10-11-21(27)25-22/h1-13H,14H2,(H2,23,24,25,27). The number of nitrogens with one attached hydrogen (secondary N) is 2. The Morgan fingerprint density at radius 2 is 1.70 bits per heavy atom. The van der Waals surface area contributed by atoms with Crippen LogP contribution in [0.5, 0.6) is 0 Å². The van der Waals surface area contributed by atoms with Crippen LogP contribution in [0.2, 0.25) is 0 Å². The van der Waals surface area contributed by atoms with Gasteiger partial charge in [0.15, 0.2) is 5.78 Å². The second kappa shape index (κ2) is 7.25. The van der Waals surface area contributed by atoms with E-state index in [9.17, 15) is 9.59 Å². The van der Waals surface area contributed by atoms with E-state index in [-0.39, 0.29) is 11.3 Å². The van der Waals surface area contributed by atoms with Gasteiger partial charge in [0, 0.05) is 35.3 Å². The number of fused-ring (bicyclic) bond motifs is 1. The largest absolute Gasteiger partial charge is 0.355 e. The lowest BCUT2D eigenvalue weighted by atomic mass is 10.0. The molecule has 0 atom stereocenters. The Labute approximate surface area is 155 Å². The van der Waals surface area contributed by atoms with Gasteiger partial charge in [-0.25, -0.2) is 4.98 Å². The van der Waals surface area contributed by atoms with E-state index in [0.717, 1.165) is 27.9 Å². The average Bonchev–Trinajstić information content (AvgIpc) is 2.70. The predicted octanol–water partition coefficient (Wildman–Crippen LogP) is 4.09. The number of Topliss-reactive ketones (excluding diaryl/α,β-unsaturated/α-hetero) is 1. The summed E-state index contributed by atoms with van der Waals surface area (Å²) in [7, 11) is 0. The third kappa shape index (κ3) is 3.77. The lowest BCUT2D eigenvalue weighted by molar-refractivity contribution is 0.0993. The number of ketones is 1. The van der Waals surface area contributed by atoms with Crippen molar-refractivity contribution in [2.75, 3.05) is 5.32 Å². The molecule has 0 aliphatic rings. The van der Waals surface area contributed by atoms with E-state index in [1.807, 2.05) is 60.7 Å². The summed E-state index contributed by atoms with van der Waals surface area (Å²) >= 11 is 0. The summed E-state index contributed by atoms with van der Waals surface area (Å²) < 4.78 is 0. The van der Waals surface area contributed by atoms with Crippen molar-refractivity contribution in [1.29, 1.82) is 0 Å². The summed E-state index contributed by atoms with van der Waals surface area (Å²) in [5, 5.41) is 4.17. The first-order chi connectivity index (χ1) is 13.2. The Kier molecular flexibility index (Phi) is 4.49. The summed E-state index contributed by atoms with van der Waals surface area (Å²) in [6.45, 7) is 0. The van der Waals surface area contributed by atoms with Crippen LogP contribution >= 0.6 is 0 Å². The maximum absolute atomic E-state index is 12.3. The van der Waals surface area contributed by atoms with Crippen molar-refractivity contribution in [2.45, 2.75) is 6.42 Å². The third-order valence-electron chi connectivity index (χ3n) is 4.33. The Morgan fingerprint density at radius 3 is 2.48 bits per heavy atom. The number of aromatic amines is 1. The molecule has 0 fully saturated rings. The molecule has 0 radical (unpaired) electrons. The van der Waals surface area contributed by atoms with Gasteiger partial charge in [-0.2, -0.15) is 0 Å². The molecule has 0 saturated heterocycles. The molecular weight excluding hydrogens is 338 g/mol. The number of carbonyl (C=O) groups is 1. The topological polar surface area (TPSA) is 74.8 Å². The molecule has 5 heteroatoms. The minimum atomic E-state index is -0.181. The van der Waals surface area contributed by atoms with Crippen LogP contribution in [0.1, 0.15) is 15.9 Å². The van der Waals surface area contributed by atoms with Gasteiger partial charge < -0.3 is 10.3 Å². The summed E-state index contributed by atoms with van der Waals surface area (Å²) in [5.41, 5.74) is 3.78. The van der Waals surface area contributed by atoms with E-state index in [2.05, 4.69) is 15.3 Å². The number of anilines is 2. The molecule has 2 aromatic carbocycles. The Morgan fingerprint density at radius 1 is 0.926 bits per heavy atom. The SMILES string of the molecule is O=C(Cc1ccc(Nc2ccnc3[nH]c(=O)ccc23)cc1)c1ccccc1. The lowest BCUT2D eigenvalue weighted by Crippen LogP contribution is -2.05. The zero-order valence-corrected chi connectivity index (χ0v) is 14.5. The fourth-order valence-electron chi connectivity index (χ4n) is 2.94. The van der Waals surface area contributed by atoms with Crippen LogP contribution in [0.4, 0.5) is 11.4 Å². The van der Waals surface area contributed by atoms with Crippen molar-refractivity contribution < 1.29 is 4.79 Å². The number of hydrogen-bond donors (Lipinski definition) is 2. The van der Waals surface area contributed by atoms with Crippen molar-refractivity contribution in [1.82, 2.24) is 9.97 Å². The summed E-state index contributed by atoms with van der Waals surface area (Å²) in [4.78, 5) is 30.7. The molecular formula is C22H17N3O2. The van der Waals surface area contributed by atoms with Gasteiger partial charge in [0.05, 0.1) is 5.69 Å². The van der Waals surface area contributed by atoms with Gasteiger partial charge in [0.2, 0.25) is 5.56 Å². The van der Waals surface area contributed by atoms with Crippen LogP contribution in [-0.4, -0.2) is 15.8 Å². The molecule has 4 rings (SSSR count). The molecule has 2 aromatic heterocycles. The molecule has 0 aliphatic heterocycles. The second-order valence-electron chi connectivity index (χ2n) is 6.23. The number of pyridine rings is 2. The molecule has 0 aliphatic carbocycles. The van der Waals surface area contributed by atoms with E-state index >= 15 is 0 Å². The molecule has 0 spiro atoms. The van der Waals surface area contributed by atoms with Crippen molar-refractivity contribution in [2.24, 2.45) is 0 Å². The van der Waals surface area contributed by atoms with E-state index < -0.39 is 0 Å². The number of benzene rings is 2. The van der Waals surface area contributed by atoms with Crippen LogP contribution in [0.3, 0.4) is 0 Å². The smallest absolute Gasteiger partial charge is 0.249 e. The average molecular weight is 355 g/mol. The zero-order valence-electron chi connectivity index (χ0n) is 14.5. The van der Waals surface area contributed by atoms with Crippen molar-refractivity contribution >= 4 is 28.2 Å². The van der Waals surface area contributed by atoms with Crippen molar-refractivity contribution in [3.8, 4) is 0 Å². The molecule has 5 nitrogen and oxygen atoms in total. The Hall–Kier alpha value is -3.73. The molecule has 2 heterocycles. The molecule has 0 saturated carbocycles. The van der Waals surface area contributed by atoms with Gasteiger partial charge in [-0.15, -0.1) is 0 Å². The monoisotopic (exact) mass is 355 g/mol. The van der Waals surface area contributed by atoms with Gasteiger partial charge >= 0.3 is 0 Å². The number of carbonyl (C=O) groups excluding carboxylic acids is 1. The minimum absolute atomic E-state index is 0.0976. The number of nitrogens with zero attached hydrogens (tertiary/aromatic N) is 1. The van der Waals surface area contributed by atoms with Gasteiger partial charge in [-0.1, -0.05) is 42.5 Å². The number of hydrogen-bond acceptors (Lipinski definition) is 4. The molecule has 0 bridgehead atoms. The second-order valence-corrected chi connectivity index (χ2v) is 6.23. The highest BCUT2D eigenvalue weighted by Gasteiger charge is 2.07. The van der Waals surface area contributed by atoms with Crippen LogP contribution < -0.4 is 10.9 Å². The molecule has 0 unspecified atom stereocenters. The normalized spacial score (nSPS) is 10.7. The molecule has 4 aromatic rings. The van der Waals surface area contributed by atoms with Crippen LogP contribution in [0, 0.1) is 0 Å². The molecule has 132 valence electrons. The van der Waals surface area contributed by atoms with Crippen LogP contribution in [-0.2, 0) is 6.42 Å². The van der Waals surface area contributed by atoms with E-state index in [1.54, 1.807) is 12.3 Å². The molecule has 2 N–H and O–H groups in total. The van der Waals surface area contributed by atoms with E-state index in [4.69, 9.17) is 0 Å². The van der Waals surface area contributed by atoms with Gasteiger partial charge in [-0.05, 0) is 29.8 Å². The molecule has 27 heavy (non-hydrogen) atoms. The quantitative estimate of drug-likeness (QED) is 0.529. The first-order valence-corrected chi connectivity index (χ1v) is 8.61. The highest BCUT2D eigenvalue weighted by atomic mass is 16.1. The van der Waals surface area contributed by atoms with E-state index in [1.165, 1.54) is 6.07 Å². The maximum atomic E-state index is 12.3. The fourth-order valence-corrected chi connectivity index (χ4v) is 2.94. The van der Waals surface area contributed by atoms with Crippen LogP contribution in [0.15, 0.2) is 83.8 Å². The Bertz CT molecular complexity index is 1150. The number of H-pyrrole nitrogens is 1. The number of rotatable bonds is 5. The highest BCUT2D eigenvalue weighted by molar-refractivity contribution is 5.97. The van der Waals surface area contributed by atoms with E-state index in [0.29, 0.717) is 12.1 Å². The first-order valence-electron chi connectivity index (χ1n) is 8.61. The first kappa shape index (κ1) is 16.7. The van der Waals surface area contributed by atoms with Crippen LogP contribution in [0.25, 0.3) is 11.0 Å². The minimum Gasteiger partial charge on any atom is -0.355 e. The lowest BCUT2D eigenvalue weighted by Gasteiger charge is -2.10. The van der Waals surface area contributed by atoms with Gasteiger partial charge in [0.1, 0.15) is 5.65 Å². The summed E-state index contributed by atoms with van der Waals surface area (Å²) in [5.74, 6) is 0.0976. The zero-order chi connectivity index (χ0) is 18.6. The highest BCUT2D eigenvalue weighted by Crippen LogP contribution is 2.23.